The van der Waals surface area contributed by atoms with Crippen molar-refractivity contribution in [2.45, 2.75) is 45.2 Å². The molecule has 92 valence electrons. The number of piperidine rings is 1. The van der Waals surface area contributed by atoms with Crippen molar-refractivity contribution < 1.29 is 0 Å². The Morgan fingerprint density at radius 2 is 2.00 bits per heavy atom. The third kappa shape index (κ3) is 3.32. The molecule has 1 aromatic carbocycles. The Bertz CT molecular complexity index is 393. The minimum Gasteiger partial charge on any atom is -0.292 e. The summed E-state index contributed by atoms with van der Waals surface area (Å²) in [5, 5.41) is 6.88. The second kappa shape index (κ2) is 5.67. The van der Waals surface area contributed by atoms with Crippen molar-refractivity contribution in [1.29, 1.82) is 0 Å². The van der Waals surface area contributed by atoms with Crippen LogP contribution in [-0.2, 0) is 0 Å². The molecule has 1 saturated heterocycles. The van der Waals surface area contributed by atoms with E-state index in [1.165, 1.54) is 19.3 Å². The van der Waals surface area contributed by atoms with Crippen LogP contribution in [-0.4, -0.2) is 23.3 Å². The van der Waals surface area contributed by atoms with Gasteiger partial charge < -0.3 is 0 Å². The maximum absolute atomic E-state index is 4.64. The fraction of sp³-hybridized carbons (Fsp3) is 0.500. The maximum Gasteiger partial charge on any atom is 0.0543 e. The van der Waals surface area contributed by atoms with Crippen molar-refractivity contribution in [2.24, 2.45) is 5.10 Å². The van der Waals surface area contributed by atoms with Crippen LogP contribution in [0.25, 0.3) is 0 Å². The molecule has 0 bridgehead atoms. The summed E-state index contributed by atoms with van der Waals surface area (Å²) >= 11 is 3.48. The van der Waals surface area contributed by atoms with Crippen LogP contribution in [0.2, 0.25) is 0 Å². The molecular weight excluding hydrogens is 276 g/mol. The molecule has 2 atom stereocenters. The summed E-state index contributed by atoms with van der Waals surface area (Å²) in [6.07, 6.45) is 5.79. The molecule has 0 unspecified atom stereocenters. The minimum absolute atomic E-state index is 0.558. The van der Waals surface area contributed by atoms with Crippen molar-refractivity contribution in [1.82, 2.24) is 5.01 Å². The standard InChI is InChI=1S/C14H19BrN2/c1-11-5-3-6-12(2)17(11)16-10-13-7-4-8-14(15)9-13/h4,7-12H,3,5-6H2,1-2H3/b16-10-/t11-,12-/m0/s1. The lowest BCUT2D eigenvalue weighted by Crippen LogP contribution is -2.39. The molecule has 0 radical (unpaired) electrons. The predicted octanol–water partition coefficient (Wildman–Crippen LogP) is 4.05. The Balaban J connectivity index is 2.08. The zero-order valence-corrected chi connectivity index (χ0v) is 12.0. The van der Waals surface area contributed by atoms with Gasteiger partial charge in [0.05, 0.1) is 6.21 Å². The van der Waals surface area contributed by atoms with E-state index in [9.17, 15) is 0 Å². The van der Waals surface area contributed by atoms with Gasteiger partial charge in [0.25, 0.3) is 0 Å². The summed E-state index contributed by atoms with van der Waals surface area (Å²) in [7, 11) is 0. The fourth-order valence-corrected chi connectivity index (χ4v) is 2.77. The normalized spacial score (nSPS) is 25.5. The van der Waals surface area contributed by atoms with E-state index in [1.54, 1.807) is 0 Å². The molecule has 1 fully saturated rings. The van der Waals surface area contributed by atoms with Crippen molar-refractivity contribution >= 4 is 22.1 Å². The van der Waals surface area contributed by atoms with Crippen molar-refractivity contribution in [2.75, 3.05) is 0 Å². The zero-order valence-electron chi connectivity index (χ0n) is 10.4. The fourth-order valence-electron chi connectivity index (χ4n) is 2.36. The van der Waals surface area contributed by atoms with E-state index < -0.39 is 0 Å². The molecule has 0 spiro atoms. The number of hydrazone groups is 1. The van der Waals surface area contributed by atoms with Gasteiger partial charge in [-0.2, -0.15) is 5.10 Å². The van der Waals surface area contributed by atoms with E-state index in [2.05, 4.69) is 52.0 Å². The summed E-state index contributed by atoms with van der Waals surface area (Å²) in [5.41, 5.74) is 1.14. The molecule has 1 aliphatic rings. The van der Waals surface area contributed by atoms with Gasteiger partial charge in [-0.25, -0.2) is 0 Å². The largest absolute Gasteiger partial charge is 0.292 e. The van der Waals surface area contributed by atoms with Crippen molar-refractivity contribution in [3.63, 3.8) is 0 Å². The molecule has 0 aromatic heterocycles. The average molecular weight is 295 g/mol. The first-order valence-electron chi connectivity index (χ1n) is 6.24. The summed E-state index contributed by atoms with van der Waals surface area (Å²) in [6.45, 7) is 4.52. The topological polar surface area (TPSA) is 15.6 Å². The Hall–Kier alpha value is -0.830. The number of rotatable bonds is 2. The first-order chi connectivity index (χ1) is 8.16. The highest BCUT2D eigenvalue weighted by Crippen LogP contribution is 2.22. The van der Waals surface area contributed by atoms with Crippen LogP contribution in [0.1, 0.15) is 38.7 Å². The average Bonchev–Trinajstić information content (AvgIpc) is 2.28. The van der Waals surface area contributed by atoms with E-state index in [4.69, 9.17) is 0 Å². The van der Waals surface area contributed by atoms with Gasteiger partial charge in [-0.15, -0.1) is 0 Å². The van der Waals surface area contributed by atoms with E-state index in [1.807, 2.05) is 18.3 Å². The monoisotopic (exact) mass is 294 g/mol. The second-order valence-electron chi connectivity index (χ2n) is 4.81. The Kier molecular flexibility index (Phi) is 4.21. The van der Waals surface area contributed by atoms with Gasteiger partial charge >= 0.3 is 0 Å². The Morgan fingerprint density at radius 1 is 1.29 bits per heavy atom. The van der Waals surface area contributed by atoms with Crippen LogP contribution in [0, 0.1) is 0 Å². The van der Waals surface area contributed by atoms with E-state index in [0.29, 0.717) is 12.1 Å². The predicted molar refractivity (Wildman–Crippen MR) is 76.4 cm³/mol. The lowest BCUT2D eigenvalue weighted by atomic mass is 10.00. The van der Waals surface area contributed by atoms with Gasteiger partial charge in [-0.1, -0.05) is 28.1 Å². The number of hydrogen-bond donors (Lipinski definition) is 0. The number of halogens is 1. The van der Waals surface area contributed by atoms with Crippen LogP contribution in [0.3, 0.4) is 0 Å². The highest BCUT2D eigenvalue weighted by molar-refractivity contribution is 9.10. The second-order valence-corrected chi connectivity index (χ2v) is 5.72. The highest BCUT2D eigenvalue weighted by atomic mass is 79.9. The number of hydrogen-bond acceptors (Lipinski definition) is 2. The summed E-state index contributed by atoms with van der Waals surface area (Å²) < 4.78 is 1.10. The lowest BCUT2D eigenvalue weighted by molar-refractivity contribution is 0.109. The van der Waals surface area contributed by atoms with Crippen LogP contribution in [0.5, 0.6) is 0 Å². The Labute approximate surface area is 112 Å². The summed E-state index contributed by atoms with van der Waals surface area (Å²) in [6, 6.07) is 9.35. The van der Waals surface area contributed by atoms with E-state index in [0.717, 1.165) is 10.0 Å². The lowest BCUT2D eigenvalue weighted by Gasteiger charge is -2.36. The molecule has 0 aliphatic carbocycles. The quantitative estimate of drug-likeness (QED) is 0.752. The molecule has 1 aliphatic heterocycles. The van der Waals surface area contributed by atoms with Gasteiger partial charge in [-0.05, 0) is 50.8 Å². The van der Waals surface area contributed by atoms with Gasteiger partial charge in [0, 0.05) is 16.6 Å². The molecule has 2 nitrogen and oxygen atoms in total. The molecule has 0 saturated carbocycles. The minimum atomic E-state index is 0.558. The molecule has 3 heteroatoms. The van der Waals surface area contributed by atoms with Crippen LogP contribution in [0.15, 0.2) is 33.8 Å². The zero-order chi connectivity index (χ0) is 12.3. The summed E-state index contributed by atoms with van der Waals surface area (Å²) in [5.74, 6) is 0. The first-order valence-corrected chi connectivity index (χ1v) is 7.04. The molecule has 17 heavy (non-hydrogen) atoms. The van der Waals surface area contributed by atoms with Gasteiger partial charge in [0.1, 0.15) is 0 Å². The van der Waals surface area contributed by atoms with Gasteiger partial charge in [0.15, 0.2) is 0 Å². The third-order valence-corrected chi connectivity index (χ3v) is 3.83. The number of benzene rings is 1. The smallest absolute Gasteiger partial charge is 0.0543 e. The Morgan fingerprint density at radius 3 is 2.65 bits per heavy atom. The van der Waals surface area contributed by atoms with Crippen LogP contribution < -0.4 is 0 Å². The molecule has 1 aromatic rings. The molecule has 1 heterocycles. The SMILES string of the molecule is C[C@H]1CCC[C@H](C)N1/N=C\c1cccc(Br)c1. The summed E-state index contributed by atoms with van der Waals surface area (Å²) in [4.78, 5) is 0. The maximum atomic E-state index is 4.64. The van der Waals surface area contributed by atoms with Crippen LogP contribution >= 0.6 is 15.9 Å². The van der Waals surface area contributed by atoms with Gasteiger partial charge in [-0.3, -0.25) is 5.01 Å². The van der Waals surface area contributed by atoms with Crippen LogP contribution in [0.4, 0.5) is 0 Å². The van der Waals surface area contributed by atoms with E-state index in [-0.39, 0.29) is 0 Å². The molecule has 0 amide bonds. The molecular formula is C14H19BrN2. The van der Waals surface area contributed by atoms with E-state index >= 15 is 0 Å². The van der Waals surface area contributed by atoms with Crippen molar-refractivity contribution in [3.05, 3.63) is 34.3 Å². The molecule has 0 N–H and O–H groups in total. The van der Waals surface area contributed by atoms with Gasteiger partial charge in [0.2, 0.25) is 0 Å². The van der Waals surface area contributed by atoms with Crippen molar-refractivity contribution in [3.8, 4) is 0 Å². The molecule has 2 rings (SSSR count). The first kappa shape index (κ1) is 12.6. The third-order valence-electron chi connectivity index (χ3n) is 3.34. The number of nitrogens with zero attached hydrogens (tertiary/aromatic N) is 2. The highest BCUT2D eigenvalue weighted by Gasteiger charge is 2.22.